The first-order chi connectivity index (χ1) is 10.9. The number of aromatic nitrogens is 2. The number of ether oxygens (including phenoxy) is 1. The lowest BCUT2D eigenvalue weighted by molar-refractivity contribution is -0.142. The van der Waals surface area contributed by atoms with Gasteiger partial charge in [0.05, 0.1) is 5.56 Å². The van der Waals surface area contributed by atoms with Gasteiger partial charge in [-0.3, -0.25) is 0 Å². The summed E-state index contributed by atoms with van der Waals surface area (Å²) in [6.45, 7) is -0.485. The van der Waals surface area contributed by atoms with Gasteiger partial charge in [0.25, 0.3) is 0 Å². The van der Waals surface area contributed by atoms with Crippen molar-refractivity contribution in [1.82, 2.24) is 9.78 Å². The molecule has 0 fully saturated rings. The minimum absolute atomic E-state index is 0.181. The highest BCUT2D eigenvalue weighted by Crippen LogP contribution is 2.39. The second-order valence-corrected chi connectivity index (χ2v) is 6.40. The maximum absolute atomic E-state index is 14.0. The molecule has 0 radical (unpaired) electrons. The third kappa shape index (κ3) is 3.73. The first kappa shape index (κ1) is 18.7. The number of aryl methyl sites for hydroxylation is 1. The van der Waals surface area contributed by atoms with Gasteiger partial charge in [0.2, 0.25) is 5.88 Å². The molecule has 2 heterocycles. The summed E-state index contributed by atoms with van der Waals surface area (Å²) in [5, 5.41) is 6.48. The van der Waals surface area contributed by atoms with E-state index in [1.165, 1.54) is 13.8 Å². The summed E-state index contributed by atoms with van der Waals surface area (Å²) in [5.41, 5.74) is -3.23. The molecule has 136 valence electrons. The normalized spacial score (nSPS) is 20.2. The van der Waals surface area contributed by atoms with Crippen LogP contribution in [0, 0.1) is 0 Å². The Bertz CT molecular complexity index is 643. The number of rotatable bonds is 4. The minimum atomic E-state index is -4.88. The van der Waals surface area contributed by atoms with Crippen LogP contribution in [0.4, 0.5) is 26.3 Å². The van der Waals surface area contributed by atoms with E-state index in [0.29, 0.717) is 16.4 Å². The Kier molecular flexibility index (Phi) is 4.98. The molecule has 0 bridgehead atoms. The average Bonchev–Trinajstić information content (AvgIpc) is 2.87. The van der Waals surface area contributed by atoms with Crippen LogP contribution in [0.1, 0.15) is 25.1 Å². The zero-order valence-corrected chi connectivity index (χ0v) is 13.5. The van der Waals surface area contributed by atoms with Crippen molar-refractivity contribution >= 4 is 16.8 Å². The van der Waals surface area contributed by atoms with Crippen LogP contribution in [0.2, 0.25) is 0 Å². The van der Waals surface area contributed by atoms with Crippen LogP contribution in [0.15, 0.2) is 5.16 Å². The van der Waals surface area contributed by atoms with Crippen molar-refractivity contribution in [3.8, 4) is 5.88 Å². The predicted octanol–water partition coefficient (Wildman–Crippen LogP) is 3.73. The number of hydrogen-bond donors (Lipinski definition) is 0. The van der Waals surface area contributed by atoms with E-state index < -0.39 is 47.5 Å². The fourth-order valence-corrected chi connectivity index (χ4v) is 3.01. The summed E-state index contributed by atoms with van der Waals surface area (Å²) in [5.74, 6) is -1.25. The van der Waals surface area contributed by atoms with Crippen LogP contribution >= 0.6 is 11.8 Å². The van der Waals surface area contributed by atoms with Gasteiger partial charge in [0, 0.05) is 12.8 Å². The molecule has 1 aromatic rings. The maximum atomic E-state index is 14.0. The summed E-state index contributed by atoms with van der Waals surface area (Å²) in [4.78, 5) is 4.85. The van der Waals surface area contributed by atoms with Gasteiger partial charge in [-0.05, 0) is 13.8 Å². The summed E-state index contributed by atoms with van der Waals surface area (Å²) in [6, 6.07) is 0. The SMILES string of the molecule is Cn1nc(C(F)(F)F)c(CSC2=NOC(C)(C)C2F)c1OC(F)F. The number of nitrogens with zero attached hydrogens (tertiary/aromatic N) is 3. The van der Waals surface area contributed by atoms with Crippen LogP contribution < -0.4 is 4.74 Å². The Labute approximate surface area is 137 Å². The number of alkyl halides is 6. The van der Waals surface area contributed by atoms with E-state index in [-0.39, 0.29) is 5.04 Å². The zero-order valence-electron chi connectivity index (χ0n) is 12.7. The van der Waals surface area contributed by atoms with Gasteiger partial charge in [-0.15, -0.1) is 0 Å². The largest absolute Gasteiger partial charge is 0.435 e. The lowest BCUT2D eigenvalue weighted by Gasteiger charge is -2.17. The topological polar surface area (TPSA) is 48.6 Å². The number of hydrogen-bond acceptors (Lipinski definition) is 5. The molecule has 5 nitrogen and oxygen atoms in total. The Hall–Kier alpha value is -1.59. The molecule has 0 saturated carbocycles. The summed E-state index contributed by atoms with van der Waals surface area (Å²) in [6.07, 6.45) is -6.52. The number of thioether (sulfide) groups is 1. The van der Waals surface area contributed by atoms with Crippen molar-refractivity contribution in [1.29, 1.82) is 0 Å². The molecule has 12 heteroatoms. The second kappa shape index (κ2) is 6.37. The molecule has 24 heavy (non-hydrogen) atoms. The molecule has 1 atom stereocenters. The van der Waals surface area contributed by atoms with Crippen LogP contribution in [0.5, 0.6) is 5.88 Å². The molecular formula is C12H13F6N3O2S. The van der Waals surface area contributed by atoms with Gasteiger partial charge >= 0.3 is 12.8 Å². The molecule has 0 aromatic carbocycles. The first-order valence-electron chi connectivity index (χ1n) is 6.54. The zero-order chi connectivity index (χ0) is 18.3. The van der Waals surface area contributed by atoms with E-state index in [1.807, 2.05) is 0 Å². The molecule has 1 aliphatic rings. The molecule has 2 rings (SSSR count). The van der Waals surface area contributed by atoms with E-state index in [9.17, 15) is 26.3 Å². The third-order valence-electron chi connectivity index (χ3n) is 3.12. The van der Waals surface area contributed by atoms with Crippen LogP contribution in [-0.2, 0) is 23.8 Å². The molecule has 1 unspecified atom stereocenters. The monoisotopic (exact) mass is 377 g/mol. The Morgan fingerprint density at radius 1 is 1.38 bits per heavy atom. The maximum Gasteiger partial charge on any atom is 0.435 e. The summed E-state index contributed by atoms with van der Waals surface area (Å²) < 4.78 is 82.7. The van der Waals surface area contributed by atoms with E-state index in [4.69, 9.17) is 4.84 Å². The highest BCUT2D eigenvalue weighted by molar-refractivity contribution is 8.13. The molecule has 0 saturated heterocycles. The number of halogens is 6. The predicted molar refractivity (Wildman–Crippen MR) is 73.6 cm³/mol. The number of oxime groups is 1. The van der Waals surface area contributed by atoms with Gasteiger partial charge in [0.1, 0.15) is 0 Å². The van der Waals surface area contributed by atoms with Crippen molar-refractivity contribution in [3.63, 3.8) is 0 Å². The molecule has 1 aromatic heterocycles. The lowest BCUT2D eigenvalue weighted by Crippen LogP contribution is -2.33. The standard InChI is InChI=1S/C12H13F6N3O2S/c1-11(2)6(13)8(20-23-11)24-4-5-7(12(16,17)18)19-21(3)9(5)22-10(14)15/h6,10H,4H2,1-3H3. The van der Waals surface area contributed by atoms with Crippen molar-refractivity contribution in [2.45, 2.75) is 44.2 Å². The fourth-order valence-electron chi connectivity index (χ4n) is 1.94. The van der Waals surface area contributed by atoms with Crippen LogP contribution in [0.25, 0.3) is 0 Å². The van der Waals surface area contributed by atoms with Gasteiger partial charge in [-0.2, -0.15) is 27.1 Å². The Morgan fingerprint density at radius 3 is 2.46 bits per heavy atom. The van der Waals surface area contributed by atoms with Crippen molar-refractivity contribution in [2.24, 2.45) is 12.2 Å². The van der Waals surface area contributed by atoms with Gasteiger partial charge in [0.15, 0.2) is 22.5 Å². The van der Waals surface area contributed by atoms with Gasteiger partial charge in [-0.1, -0.05) is 16.9 Å². The first-order valence-corrected chi connectivity index (χ1v) is 7.53. The molecular weight excluding hydrogens is 364 g/mol. The van der Waals surface area contributed by atoms with E-state index in [2.05, 4.69) is 15.0 Å². The van der Waals surface area contributed by atoms with Gasteiger partial charge < -0.3 is 9.57 Å². The highest BCUT2D eigenvalue weighted by atomic mass is 32.2. The smallest absolute Gasteiger partial charge is 0.417 e. The molecule has 1 aliphatic heterocycles. The Balaban J connectivity index is 2.28. The highest BCUT2D eigenvalue weighted by Gasteiger charge is 2.44. The van der Waals surface area contributed by atoms with Crippen LogP contribution in [-0.4, -0.2) is 33.2 Å². The van der Waals surface area contributed by atoms with Crippen LogP contribution in [0.3, 0.4) is 0 Å². The Morgan fingerprint density at radius 2 is 2.00 bits per heavy atom. The quantitative estimate of drug-likeness (QED) is 0.751. The van der Waals surface area contributed by atoms with Gasteiger partial charge in [-0.25, -0.2) is 9.07 Å². The van der Waals surface area contributed by atoms with E-state index in [1.54, 1.807) is 0 Å². The van der Waals surface area contributed by atoms with Crippen molar-refractivity contribution in [3.05, 3.63) is 11.3 Å². The average molecular weight is 377 g/mol. The van der Waals surface area contributed by atoms with Crippen molar-refractivity contribution < 1.29 is 35.9 Å². The molecule has 0 N–H and O–H groups in total. The van der Waals surface area contributed by atoms with E-state index >= 15 is 0 Å². The third-order valence-corrected chi connectivity index (χ3v) is 4.13. The van der Waals surface area contributed by atoms with Crippen molar-refractivity contribution in [2.75, 3.05) is 0 Å². The fraction of sp³-hybridized carbons (Fsp3) is 0.667. The molecule has 0 amide bonds. The van der Waals surface area contributed by atoms with E-state index in [0.717, 1.165) is 7.05 Å². The minimum Gasteiger partial charge on any atom is -0.417 e. The molecule has 0 aliphatic carbocycles. The lowest BCUT2D eigenvalue weighted by atomic mass is 10.1. The summed E-state index contributed by atoms with van der Waals surface area (Å²) >= 11 is 0.604. The molecule has 0 spiro atoms. The summed E-state index contributed by atoms with van der Waals surface area (Å²) in [7, 11) is 1.04. The second-order valence-electron chi connectivity index (χ2n) is 5.41.